The Balaban J connectivity index is 2.09. The number of hydrogen-bond donors (Lipinski definition) is 2. The maximum atomic E-state index is 12.6. The van der Waals surface area contributed by atoms with Crippen molar-refractivity contribution < 1.29 is 35.9 Å². The van der Waals surface area contributed by atoms with Crippen LogP contribution in [0.3, 0.4) is 0 Å². The van der Waals surface area contributed by atoms with Gasteiger partial charge in [0.2, 0.25) is 21.8 Å². The third kappa shape index (κ3) is 6.46. The SMILES string of the molecule is CC(=O)Nc1ccc(S(=O)(=O)N(C)CC(=O)Nc2ccccc2OC(F)(F)F)cc1. The molecule has 0 atom stereocenters. The average molecular weight is 445 g/mol. The van der Waals surface area contributed by atoms with Crippen molar-refractivity contribution in [3.63, 3.8) is 0 Å². The summed E-state index contributed by atoms with van der Waals surface area (Å²) in [6.07, 6.45) is -4.95. The molecule has 0 heterocycles. The number of nitrogens with zero attached hydrogens (tertiary/aromatic N) is 1. The molecular weight excluding hydrogens is 427 g/mol. The van der Waals surface area contributed by atoms with E-state index in [2.05, 4.69) is 15.4 Å². The van der Waals surface area contributed by atoms with E-state index >= 15 is 0 Å². The Hall–Kier alpha value is -3.12. The van der Waals surface area contributed by atoms with E-state index in [9.17, 15) is 31.2 Å². The first-order valence-corrected chi connectivity index (χ1v) is 9.81. The van der Waals surface area contributed by atoms with Crippen LogP contribution in [0.2, 0.25) is 0 Å². The minimum atomic E-state index is -4.95. The van der Waals surface area contributed by atoms with Gasteiger partial charge in [-0.15, -0.1) is 13.2 Å². The lowest BCUT2D eigenvalue weighted by Crippen LogP contribution is -2.35. The Morgan fingerprint density at radius 1 is 1.03 bits per heavy atom. The molecule has 0 aliphatic carbocycles. The zero-order chi connectivity index (χ0) is 22.5. The highest BCUT2D eigenvalue weighted by molar-refractivity contribution is 7.89. The Bertz CT molecular complexity index is 1020. The van der Waals surface area contributed by atoms with Crippen molar-refractivity contribution in [2.24, 2.45) is 0 Å². The first kappa shape index (κ1) is 23.2. The first-order valence-electron chi connectivity index (χ1n) is 8.37. The van der Waals surface area contributed by atoms with Crippen LogP contribution in [-0.2, 0) is 19.6 Å². The fraction of sp³-hybridized carbons (Fsp3) is 0.222. The number of ether oxygens (including phenoxy) is 1. The number of alkyl halides is 3. The summed E-state index contributed by atoms with van der Waals surface area (Å²) < 4.78 is 67.2. The Kier molecular flexibility index (Phi) is 7.05. The smallest absolute Gasteiger partial charge is 0.404 e. The third-order valence-electron chi connectivity index (χ3n) is 3.64. The van der Waals surface area contributed by atoms with Gasteiger partial charge in [-0.3, -0.25) is 9.59 Å². The molecule has 0 bridgehead atoms. The maximum Gasteiger partial charge on any atom is 0.573 e. The van der Waals surface area contributed by atoms with Gasteiger partial charge in [-0.05, 0) is 36.4 Å². The van der Waals surface area contributed by atoms with Crippen LogP contribution in [0.4, 0.5) is 24.5 Å². The van der Waals surface area contributed by atoms with Gasteiger partial charge in [0.1, 0.15) is 0 Å². The maximum absolute atomic E-state index is 12.6. The number of para-hydroxylation sites is 2. The summed E-state index contributed by atoms with van der Waals surface area (Å²) in [5.74, 6) is -1.82. The molecule has 0 aliphatic rings. The van der Waals surface area contributed by atoms with Crippen molar-refractivity contribution in [2.45, 2.75) is 18.2 Å². The van der Waals surface area contributed by atoms with E-state index in [0.29, 0.717) is 5.69 Å². The Morgan fingerprint density at radius 3 is 2.20 bits per heavy atom. The largest absolute Gasteiger partial charge is 0.573 e. The summed E-state index contributed by atoms with van der Waals surface area (Å²) in [4.78, 5) is 23.1. The number of halogens is 3. The molecule has 0 saturated heterocycles. The fourth-order valence-electron chi connectivity index (χ4n) is 2.35. The molecule has 8 nitrogen and oxygen atoms in total. The zero-order valence-electron chi connectivity index (χ0n) is 15.9. The second kappa shape index (κ2) is 9.13. The van der Waals surface area contributed by atoms with Gasteiger partial charge >= 0.3 is 6.36 Å². The van der Waals surface area contributed by atoms with Crippen molar-refractivity contribution in [3.8, 4) is 5.75 Å². The van der Waals surface area contributed by atoms with E-state index in [-0.39, 0.29) is 16.5 Å². The van der Waals surface area contributed by atoms with Gasteiger partial charge in [0.05, 0.1) is 17.1 Å². The number of rotatable bonds is 7. The quantitative estimate of drug-likeness (QED) is 0.682. The van der Waals surface area contributed by atoms with Gasteiger partial charge in [-0.1, -0.05) is 12.1 Å². The van der Waals surface area contributed by atoms with Gasteiger partial charge in [0.15, 0.2) is 5.75 Å². The van der Waals surface area contributed by atoms with Crippen molar-refractivity contribution in [1.82, 2.24) is 4.31 Å². The predicted molar refractivity (Wildman–Crippen MR) is 102 cm³/mol. The summed E-state index contributed by atoms with van der Waals surface area (Å²) in [6, 6.07) is 10.1. The highest BCUT2D eigenvalue weighted by atomic mass is 32.2. The zero-order valence-corrected chi connectivity index (χ0v) is 16.7. The molecule has 30 heavy (non-hydrogen) atoms. The molecule has 2 aromatic carbocycles. The second-order valence-corrected chi connectivity index (χ2v) is 8.10. The minimum absolute atomic E-state index is 0.132. The standard InChI is InChI=1S/C18H18F3N3O5S/c1-12(25)22-13-7-9-14(10-8-13)30(27,28)24(2)11-17(26)23-15-5-3-4-6-16(15)29-18(19,20)21/h3-10H,11H2,1-2H3,(H,22,25)(H,23,26). The van der Waals surface area contributed by atoms with Crippen molar-refractivity contribution in [1.29, 1.82) is 0 Å². The average Bonchev–Trinajstić information content (AvgIpc) is 2.62. The number of amides is 2. The minimum Gasteiger partial charge on any atom is -0.404 e. The number of anilines is 2. The van der Waals surface area contributed by atoms with Crippen LogP contribution in [-0.4, -0.2) is 44.5 Å². The summed E-state index contributed by atoms with van der Waals surface area (Å²) in [5.41, 5.74) is 0.133. The predicted octanol–water partition coefficient (Wildman–Crippen LogP) is 2.80. The topological polar surface area (TPSA) is 105 Å². The van der Waals surface area contributed by atoms with E-state index in [0.717, 1.165) is 17.4 Å². The van der Waals surface area contributed by atoms with E-state index in [1.165, 1.54) is 49.4 Å². The molecule has 2 rings (SSSR count). The molecule has 2 N–H and O–H groups in total. The number of nitrogens with one attached hydrogen (secondary N) is 2. The lowest BCUT2D eigenvalue weighted by molar-refractivity contribution is -0.274. The van der Waals surface area contributed by atoms with Crippen LogP contribution in [0.25, 0.3) is 0 Å². The van der Waals surface area contributed by atoms with Crippen LogP contribution in [0.5, 0.6) is 5.75 Å². The van der Waals surface area contributed by atoms with Crippen LogP contribution < -0.4 is 15.4 Å². The number of sulfonamides is 1. The molecule has 0 unspecified atom stereocenters. The van der Waals surface area contributed by atoms with Crippen molar-refractivity contribution in [2.75, 3.05) is 24.2 Å². The second-order valence-electron chi connectivity index (χ2n) is 6.06. The molecular formula is C18H18F3N3O5S. The Labute approximate surface area is 170 Å². The summed E-state index contributed by atoms with van der Waals surface area (Å²) in [7, 11) is -2.91. The normalized spacial score (nSPS) is 11.8. The highest BCUT2D eigenvalue weighted by Crippen LogP contribution is 2.30. The van der Waals surface area contributed by atoms with Crippen LogP contribution in [0, 0.1) is 0 Å². The molecule has 162 valence electrons. The number of carbonyl (C=O) groups excluding carboxylic acids is 2. The van der Waals surface area contributed by atoms with Crippen LogP contribution in [0.1, 0.15) is 6.92 Å². The van der Waals surface area contributed by atoms with Crippen LogP contribution in [0.15, 0.2) is 53.4 Å². The molecule has 12 heteroatoms. The van der Waals surface area contributed by atoms with Crippen molar-refractivity contribution >= 4 is 33.2 Å². The van der Waals surface area contributed by atoms with Crippen LogP contribution >= 0.6 is 0 Å². The summed E-state index contributed by atoms with van der Waals surface area (Å²) >= 11 is 0. The van der Waals surface area contributed by atoms with E-state index in [1.807, 2.05) is 0 Å². The van der Waals surface area contributed by atoms with Gasteiger partial charge < -0.3 is 15.4 Å². The molecule has 2 amide bonds. The van der Waals surface area contributed by atoms with Gasteiger partial charge in [-0.25, -0.2) is 8.42 Å². The molecule has 0 spiro atoms. The van der Waals surface area contributed by atoms with Crippen molar-refractivity contribution in [3.05, 3.63) is 48.5 Å². The summed E-state index contributed by atoms with van der Waals surface area (Å²) in [6.45, 7) is 0.644. The van der Waals surface area contributed by atoms with E-state index < -0.39 is 34.6 Å². The number of hydrogen-bond acceptors (Lipinski definition) is 5. The fourth-order valence-corrected chi connectivity index (χ4v) is 3.48. The summed E-state index contributed by atoms with van der Waals surface area (Å²) in [5, 5.41) is 4.69. The molecule has 0 aromatic heterocycles. The molecule has 0 saturated carbocycles. The lowest BCUT2D eigenvalue weighted by atomic mass is 10.3. The highest BCUT2D eigenvalue weighted by Gasteiger charge is 2.32. The van der Waals surface area contributed by atoms with Gasteiger partial charge in [0, 0.05) is 19.7 Å². The molecule has 2 aromatic rings. The monoisotopic (exact) mass is 445 g/mol. The lowest BCUT2D eigenvalue weighted by Gasteiger charge is -2.18. The number of carbonyl (C=O) groups is 2. The van der Waals surface area contributed by atoms with Gasteiger partial charge in [0.25, 0.3) is 0 Å². The first-order chi connectivity index (χ1) is 13.9. The molecule has 0 radical (unpaired) electrons. The Morgan fingerprint density at radius 2 is 1.63 bits per heavy atom. The van der Waals surface area contributed by atoms with E-state index in [4.69, 9.17) is 0 Å². The molecule has 0 fully saturated rings. The number of likely N-dealkylation sites (N-methyl/N-ethyl adjacent to an activating group) is 1. The molecule has 0 aliphatic heterocycles. The number of benzene rings is 2. The van der Waals surface area contributed by atoms with Gasteiger partial charge in [-0.2, -0.15) is 4.31 Å². The third-order valence-corrected chi connectivity index (χ3v) is 5.45. The van der Waals surface area contributed by atoms with E-state index in [1.54, 1.807) is 0 Å².